The van der Waals surface area contributed by atoms with E-state index in [0.29, 0.717) is 0 Å². The lowest BCUT2D eigenvalue weighted by Crippen LogP contribution is -2.26. The highest BCUT2D eigenvalue weighted by molar-refractivity contribution is 7.90. The Morgan fingerprint density at radius 1 is 0.958 bits per heavy atom. The summed E-state index contributed by atoms with van der Waals surface area (Å²) in [6.07, 6.45) is 4.85. The van der Waals surface area contributed by atoms with Crippen LogP contribution < -0.4 is 9.44 Å². The number of hydrogen-bond donors (Lipinski definition) is 2. The van der Waals surface area contributed by atoms with Gasteiger partial charge < -0.3 is 0 Å². The minimum Gasteiger partial charge on any atom is -0.264 e. The maximum Gasteiger partial charge on any atom is 0.240 e. The van der Waals surface area contributed by atoms with Gasteiger partial charge in [0.2, 0.25) is 20.0 Å². The highest BCUT2D eigenvalue weighted by Gasteiger charge is 2.28. The van der Waals surface area contributed by atoms with Crippen molar-refractivity contribution in [3.8, 4) is 0 Å². The van der Waals surface area contributed by atoms with Crippen LogP contribution in [0.25, 0.3) is 0 Å². The van der Waals surface area contributed by atoms with Crippen molar-refractivity contribution in [3.05, 3.63) is 54.4 Å². The molecule has 0 atom stereocenters. The summed E-state index contributed by atoms with van der Waals surface area (Å²) in [5.41, 5.74) is 0.730. The zero-order valence-corrected chi connectivity index (χ0v) is 14.3. The van der Waals surface area contributed by atoms with Crippen molar-refractivity contribution in [3.63, 3.8) is 0 Å². The third kappa shape index (κ3) is 4.18. The summed E-state index contributed by atoms with van der Waals surface area (Å²) in [5, 5.41) is 0. The van der Waals surface area contributed by atoms with Gasteiger partial charge in [-0.2, -0.15) is 0 Å². The van der Waals surface area contributed by atoms with Crippen LogP contribution in [0, 0.1) is 0 Å². The average molecular weight is 367 g/mol. The van der Waals surface area contributed by atoms with Gasteiger partial charge in [0.15, 0.2) is 0 Å². The van der Waals surface area contributed by atoms with Gasteiger partial charge >= 0.3 is 0 Å². The highest BCUT2D eigenvalue weighted by atomic mass is 32.2. The van der Waals surface area contributed by atoms with Crippen molar-refractivity contribution in [1.82, 2.24) is 14.4 Å². The molecule has 0 spiro atoms. The van der Waals surface area contributed by atoms with Gasteiger partial charge in [0.25, 0.3) is 0 Å². The van der Waals surface area contributed by atoms with Gasteiger partial charge in [0.05, 0.1) is 9.79 Å². The summed E-state index contributed by atoms with van der Waals surface area (Å²) < 4.78 is 53.7. The van der Waals surface area contributed by atoms with Crippen LogP contribution in [0.2, 0.25) is 0 Å². The maximum absolute atomic E-state index is 12.3. The van der Waals surface area contributed by atoms with Crippen molar-refractivity contribution in [1.29, 1.82) is 0 Å². The van der Waals surface area contributed by atoms with Gasteiger partial charge in [0.1, 0.15) is 0 Å². The van der Waals surface area contributed by atoms with Gasteiger partial charge in [-0.1, -0.05) is 6.07 Å². The fraction of sp³-hybridized carbons (Fsp3) is 0.267. The van der Waals surface area contributed by atoms with E-state index in [1.165, 1.54) is 24.3 Å². The van der Waals surface area contributed by atoms with Gasteiger partial charge in [-0.25, -0.2) is 26.3 Å². The molecule has 0 amide bonds. The molecule has 2 aromatic rings. The van der Waals surface area contributed by atoms with Gasteiger partial charge in [0, 0.05) is 25.0 Å². The predicted molar refractivity (Wildman–Crippen MR) is 88.0 cm³/mol. The molecule has 0 bridgehead atoms. The number of sulfonamides is 2. The van der Waals surface area contributed by atoms with E-state index >= 15 is 0 Å². The molecule has 0 aliphatic heterocycles. The van der Waals surface area contributed by atoms with Crippen LogP contribution in [0.3, 0.4) is 0 Å². The molecule has 1 aromatic heterocycles. The molecule has 9 heteroatoms. The van der Waals surface area contributed by atoms with E-state index in [4.69, 9.17) is 0 Å². The largest absolute Gasteiger partial charge is 0.264 e. The molecule has 0 unspecified atom stereocenters. The first-order valence-corrected chi connectivity index (χ1v) is 10.3. The molecule has 1 saturated carbocycles. The minimum absolute atomic E-state index is 0.000410. The lowest BCUT2D eigenvalue weighted by Gasteiger charge is -2.09. The highest BCUT2D eigenvalue weighted by Crippen LogP contribution is 2.22. The Kier molecular flexibility index (Phi) is 4.68. The topological polar surface area (TPSA) is 105 Å². The molecule has 1 aliphatic carbocycles. The fourth-order valence-electron chi connectivity index (χ4n) is 2.05. The fourth-order valence-corrected chi connectivity index (χ4v) is 4.37. The molecule has 2 N–H and O–H groups in total. The SMILES string of the molecule is O=S(=O)(NCc1cccnc1)c1ccc(S(=O)(=O)NC2CC2)cc1. The number of nitrogens with zero attached hydrogens (tertiary/aromatic N) is 1. The minimum atomic E-state index is -3.72. The molecular weight excluding hydrogens is 350 g/mol. The van der Waals surface area contributed by atoms with E-state index in [2.05, 4.69) is 14.4 Å². The molecule has 1 aromatic carbocycles. The van der Waals surface area contributed by atoms with Crippen molar-refractivity contribution >= 4 is 20.0 Å². The van der Waals surface area contributed by atoms with Crippen molar-refractivity contribution < 1.29 is 16.8 Å². The van der Waals surface area contributed by atoms with Crippen LogP contribution in [0.1, 0.15) is 18.4 Å². The van der Waals surface area contributed by atoms with E-state index in [9.17, 15) is 16.8 Å². The summed E-state index contributed by atoms with van der Waals surface area (Å²) in [5.74, 6) is 0. The van der Waals surface area contributed by atoms with Gasteiger partial charge in [-0.05, 0) is 48.7 Å². The van der Waals surface area contributed by atoms with Crippen LogP contribution >= 0.6 is 0 Å². The first kappa shape index (κ1) is 17.0. The van der Waals surface area contributed by atoms with Crippen LogP contribution in [0.15, 0.2) is 58.6 Å². The first-order valence-electron chi connectivity index (χ1n) is 7.38. The van der Waals surface area contributed by atoms with E-state index in [1.54, 1.807) is 24.5 Å². The second kappa shape index (κ2) is 6.60. The predicted octanol–water partition coefficient (Wildman–Crippen LogP) is 1.00. The number of benzene rings is 1. The van der Waals surface area contributed by atoms with Crippen molar-refractivity contribution in [2.45, 2.75) is 35.2 Å². The molecule has 1 aliphatic rings. The lowest BCUT2D eigenvalue weighted by atomic mass is 10.3. The second-order valence-corrected chi connectivity index (χ2v) is 9.03. The lowest BCUT2D eigenvalue weighted by molar-refractivity contribution is 0.577. The smallest absolute Gasteiger partial charge is 0.240 e. The molecule has 128 valence electrons. The van der Waals surface area contributed by atoms with E-state index in [-0.39, 0.29) is 22.4 Å². The molecule has 7 nitrogen and oxygen atoms in total. The van der Waals surface area contributed by atoms with E-state index in [1.807, 2.05) is 0 Å². The Hall–Kier alpha value is -1.81. The van der Waals surface area contributed by atoms with Crippen LogP contribution in [0.4, 0.5) is 0 Å². The monoisotopic (exact) mass is 367 g/mol. The molecule has 0 radical (unpaired) electrons. The summed E-state index contributed by atoms with van der Waals surface area (Å²) in [6, 6.07) is 8.64. The summed E-state index contributed by atoms with van der Waals surface area (Å²) >= 11 is 0. The van der Waals surface area contributed by atoms with Crippen LogP contribution in [0.5, 0.6) is 0 Å². The zero-order chi connectivity index (χ0) is 17.2. The third-order valence-corrected chi connectivity index (χ3v) is 6.49. The number of rotatable bonds is 7. The van der Waals surface area contributed by atoms with Crippen LogP contribution in [-0.2, 0) is 26.6 Å². The molecule has 1 heterocycles. The number of pyridine rings is 1. The molecule has 3 rings (SSSR count). The van der Waals surface area contributed by atoms with E-state index < -0.39 is 20.0 Å². The molecule has 0 saturated heterocycles. The summed E-state index contributed by atoms with van der Waals surface area (Å²) in [7, 11) is -7.31. The zero-order valence-electron chi connectivity index (χ0n) is 12.7. The number of aromatic nitrogens is 1. The number of hydrogen-bond acceptors (Lipinski definition) is 5. The van der Waals surface area contributed by atoms with Crippen LogP contribution in [-0.4, -0.2) is 27.9 Å². The quantitative estimate of drug-likeness (QED) is 0.760. The third-order valence-electron chi connectivity index (χ3n) is 3.53. The van der Waals surface area contributed by atoms with Crippen molar-refractivity contribution in [2.75, 3.05) is 0 Å². The molecule has 24 heavy (non-hydrogen) atoms. The first-order chi connectivity index (χ1) is 11.4. The Balaban J connectivity index is 1.72. The molecule has 1 fully saturated rings. The Morgan fingerprint density at radius 2 is 1.58 bits per heavy atom. The van der Waals surface area contributed by atoms with E-state index in [0.717, 1.165) is 18.4 Å². The van der Waals surface area contributed by atoms with Gasteiger partial charge in [-0.3, -0.25) is 4.98 Å². The van der Waals surface area contributed by atoms with Gasteiger partial charge in [-0.15, -0.1) is 0 Å². The normalized spacial score (nSPS) is 15.3. The summed E-state index contributed by atoms with van der Waals surface area (Å²) in [6.45, 7) is 0.111. The maximum atomic E-state index is 12.3. The Labute approximate surface area is 141 Å². The number of nitrogens with one attached hydrogen (secondary N) is 2. The standard InChI is InChI=1S/C15H17N3O4S2/c19-23(20,17-11-12-2-1-9-16-10-12)14-5-7-15(8-6-14)24(21,22)18-13-3-4-13/h1-2,5-10,13,17-18H,3-4,11H2. The summed E-state index contributed by atoms with van der Waals surface area (Å²) in [4.78, 5) is 3.98. The van der Waals surface area contributed by atoms with Crippen molar-refractivity contribution in [2.24, 2.45) is 0 Å². The Morgan fingerprint density at radius 3 is 2.12 bits per heavy atom. The second-order valence-electron chi connectivity index (χ2n) is 5.55. The molecular formula is C15H17N3O4S2. The Bertz CT molecular complexity index is 907. The average Bonchev–Trinajstić information content (AvgIpc) is 3.37.